The maximum Gasteiger partial charge on any atom is 0.164 e. The fourth-order valence-corrected chi connectivity index (χ4v) is 5.69. The summed E-state index contributed by atoms with van der Waals surface area (Å²) in [4.78, 5) is 0. The fraction of sp³-hybridized carbons (Fsp3) is 0.333. The van der Waals surface area contributed by atoms with Crippen molar-refractivity contribution in [2.45, 2.75) is 17.6 Å². The van der Waals surface area contributed by atoms with Crippen LogP contribution in [0, 0.1) is 0 Å². The van der Waals surface area contributed by atoms with E-state index >= 15 is 0 Å². The Morgan fingerprint density at radius 2 is 1.26 bits per heavy atom. The lowest BCUT2D eigenvalue weighted by molar-refractivity contribution is 0.414. The SMILES string of the molecule is COc1ccc(C2(c3ccc(OC)cc3)CCCS2(=O)=O)cc1. The fourth-order valence-electron chi connectivity index (χ4n) is 3.38. The molecule has 4 nitrogen and oxygen atoms in total. The van der Waals surface area contributed by atoms with Gasteiger partial charge in [-0.2, -0.15) is 0 Å². The van der Waals surface area contributed by atoms with Crippen LogP contribution >= 0.6 is 0 Å². The van der Waals surface area contributed by atoms with Crippen LogP contribution < -0.4 is 9.47 Å². The van der Waals surface area contributed by atoms with Gasteiger partial charge < -0.3 is 9.47 Å². The third-order valence-electron chi connectivity index (χ3n) is 4.59. The zero-order chi connectivity index (χ0) is 16.5. The van der Waals surface area contributed by atoms with Gasteiger partial charge in [0, 0.05) is 0 Å². The highest BCUT2D eigenvalue weighted by Crippen LogP contribution is 2.47. The Morgan fingerprint density at radius 1 is 0.826 bits per heavy atom. The van der Waals surface area contributed by atoms with Crippen molar-refractivity contribution in [2.75, 3.05) is 20.0 Å². The molecule has 0 N–H and O–H groups in total. The summed E-state index contributed by atoms with van der Waals surface area (Å²) in [6.07, 6.45) is 1.26. The van der Waals surface area contributed by atoms with Crippen molar-refractivity contribution >= 4 is 9.84 Å². The molecule has 1 heterocycles. The smallest absolute Gasteiger partial charge is 0.164 e. The maximum absolute atomic E-state index is 12.9. The van der Waals surface area contributed by atoms with E-state index in [2.05, 4.69) is 0 Å². The van der Waals surface area contributed by atoms with Crippen molar-refractivity contribution in [2.24, 2.45) is 0 Å². The predicted molar refractivity (Wildman–Crippen MR) is 89.8 cm³/mol. The Bertz CT molecular complexity index is 729. The Labute approximate surface area is 137 Å². The Hall–Kier alpha value is -2.01. The van der Waals surface area contributed by atoms with Gasteiger partial charge in [-0.15, -0.1) is 0 Å². The molecule has 0 spiro atoms. The molecule has 1 fully saturated rings. The summed E-state index contributed by atoms with van der Waals surface area (Å²) in [7, 11) is -0.0800. The van der Waals surface area contributed by atoms with Gasteiger partial charge in [0.2, 0.25) is 0 Å². The molecule has 0 unspecified atom stereocenters. The van der Waals surface area contributed by atoms with Gasteiger partial charge in [-0.25, -0.2) is 8.42 Å². The molecule has 0 radical (unpaired) electrons. The van der Waals surface area contributed by atoms with Crippen molar-refractivity contribution in [3.8, 4) is 11.5 Å². The minimum atomic E-state index is -3.28. The number of hydrogen-bond acceptors (Lipinski definition) is 4. The van der Waals surface area contributed by atoms with E-state index in [0.717, 1.165) is 11.1 Å². The maximum atomic E-state index is 12.9. The first kappa shape index (κ1) is 15.9. The van der Waals surface area contributed by atoms with E-state index in [9.17, 15) is 8.42 Å². The van der Waals surface area contributed by atoms with E-state index in [4.69, 9.17) is 9.47 Å². The number of rotatable bonds is 4. The van der Waals surface area contributed by atoms with Crippen LogP contribution in [0.25, 0.3) is 0 Å². The topological polar surface area (TPSA) is 52.6 Å². The molecule has 23 heavy (non-hydrogen) atoms. The van der Waals surface area contributed by atoms with Crippen LogP contribution in [0.2, 0.25) is 0 Å². The zero-order valence-corrected chi connectivity index (χ0v) is 14.1. The van der Waals surface area contributed by atoms with E-state index < -0.39 is 14.6 Å². The molecular formula is C18H20O4S. The van der Waals surface area contributed by atoms with Crippen LogP contribution in [0.15, 0.2) is 48.5 Å². The number of benzene rings is 2. The number of ether oxygens (including phenoxy) is 2. The molecule has 5 heteroatoms. The lowest BCUT2D eigenvalue weighted by Crippen LogP contribution is -2.33. The molecule has 1 saturated heterocycles. The highest BCUT2D eigenvalue weighted by Gasteiger charge is 2.50. The normalized spacial score (nSPS) is 18.5. The first-order valence-corrected chi connectivity index (χ1v) is 9.20. The van der Waals surface area contributed by atoms with Gasteiger partial charge in [0.1, 0.15) is 16.2 Å². The molecule has 1 aliphatic rings. The lowest BCUT2D eigenvalue weighted by atomic mass is 9.87. The van der Waals surface area contributed by atoms with Crippen LogP contribution in [-0.4, -0.2) is 28.4 Å². The first-order chi connectivity index (χ1) is 11.0. The first-order valence-electron chi connectivity index (χ1n) is 7.55. The summed E-state index contributed by atoms with van der Waals surface area (Å²) in [5, 5.41) is 0. The zero-order valence-electron chi connectivity index (χ0n) is 13.3. The van der Waals surface area contributed by atoms with E-state index in [0.29, 0.717) is 24.3 Å². The lowest BCUT2D eigenvalue weighted by Gasteiger charge is -2.29. The largest absolute Gasteiger partial charge is 0.497 e. The van der Waals surface area contributed by atoms with E-state index in [1.54, 1.807) is 14.2 Å². The van der Waals surface area contributed by atoms with Crippen LogP contribution in [-0.2, 0) is 14.6 Å². The highest BCUT2D eigenvalue weighted by atomic mass is 32.2. The number of sulfone groups is 1. The molecule has 3 rings (SSSR count). The third-order valence-corrected chi connectivity index (χ3v) is 7.15. The van der Waals surface area contributed by atoms with Gasteiger partial charge in [-0.1, -0.05) is 24.3 Å². The minimum absolute atomic E-state index is 0.213. The summed E-state index contributed by atoms with van der Waals surface area (Å²) < 4.78 is 35.3. The monoisotopic (exact) mass is 332 g/mol. The second kappa shape index (κ2) is 5.89. The molecule has 0 atom stereocenters. The molecule has 2 aromatic rings. The van der Waals surface area contributed by atoms with Crippen molar-refractivity contribution in [3.63, 3.8) is 0 Å². The minimum Gasteiger partial charge on any atom is -0.497 e. The second-order valence-corrected chi connectivity index (χ2v) is 8.04. The van der Waals surface area contributed by atoms with Gasteiger partial charge in [0.25, 0.3) is 0 Å². The van der Waals surface area contributed by atoms with E-state index in [1.165, 1.54) is 0 Å². The molecule has 0 amide bonds. The van der Waals surface area contributed by atoms with Crippen molar-refractivity contribution in [1.29, 1.82) is 0 Å². The van der Waals surface area contributed by atoms with Crippen LogP contribution in [0.4, 0.5) is 0 Å². The molecule has 0 bridgehead atoms. The molecule has 0 saturated carbocycles. The Kier molecular flexibility index (Phi) is 4.06. The Balaban J connectivity index is 2.18. The highest BCUT2D eigenvalue weighted by molar-refractivity contribution is 7.92. The number of methoxy groups -OCH3 is 2. The predicted octanol–water partition coefficient (Wildman–Crippen LogP) is 3.16. The van der Waals surface area contributed by atoms with Crippen molar-refractivity contribution in [3.05, 3.63) is 59.7 Å². The molecule has 1 aliphatic heterocycles. The van der Waals surface area contributed by atoms with Gasteiger partial charge in [-0.05, 0) is 48.2 Å². The summed E-state index contributed by atoms with van der Waals surface area (Å²) in [5.41, 5.74) is 1.59. The summed E-state index contributed by atoms with van der Waals surface area (Å²) in [6.45, 7) is 0. The summed E-state index contributed by atoms with van der Waals surface area (Å²) >= 11 is 0. The van der Waals surface area contributed by atoms with Crippen molar-refractivity contribution < 1.29 is 17.9 Å². The van der Waals surface area contributed by atoms with Gasteiger partial charge in [-0.3, -0.25) is 0 Å². The third kappa shape index (κ3) is 2.49. The van der Waals surface area contributed by atoms with Gasteiger partial charge >= 0.3 is 0 Å². The van der Waals surface area contributed by atoms with Crippen LogP contribution in [0.5, 0.6) is 11.5 Å². The van der Waals surface area contributed by atoms with Crippen LogP contribution in [0.3, 0.4) is 0 Å². The summed E-state index contributed by atoms with van der Waals surface area (Å²) in [6, 6.07) is 14.7. The molecule has 122 valence electrons. The molecule has 0 aromatic heterocycles. The average molecular weight is 332 g/mol. The second-order valence-electron chi connectivity index (χ2n) is 5.71. The van der Waals surface area contributed by atoms with E-state index in [-0.39, 0.29) is 5.75 Å². The molecule has 0 aliphatic carbocycles. The van der Waals surface area contributed by atoms with E-state index in [1.807, 2.05) is 48.5 Å². The quantitative estimate of drug-likeness (QED) is 0.863. The standard InChI is InChI=1S/C18H20O4S/c1-21-16-8-4-14(5-9-16)18(12-3-13-23(18,19)20)15-6-10-17(22-2)11-7-15/h4-11H,3,12-13H2,1-2H3. The van der Waals surface area contributed by atoms with Gasteiger partial charge in [0.05, 0.1) is 20.0 Å². The van der Waals surface area contributed by atoms with Crippen molar-refractivity contribution in [1.82, 2.24) is 0 Å². The summed E-state index contributed by atoms with van der Waals surface area (Å²) in [5.74, 6) is 1.65. The molecular weight excluding hydrogens is 312 g/mol. The van der Waals surface area contributed by atoms with Crippen LogP contribution in [0.1, 0.15) is 24.0 Å². The average Bonchev–Trinajstić information content (AvgIpc) is 2.91. The Morgan fingerprint density at radius 3 is 1.57 bits per heavy atom. The molecule has 2 aromatic carbocycles. The van der Waals surface area contributed by atoms with Gasteiger partial charge in [0.15, 0.2) is 9.84 Å². The number of hydrogen-bond donors (Lipinski definition) is 0.